The number of hydrogen-bond acceptors (Lipinski definition) is 2. The van der Waals surface area contributed by atoms with E-state index in [9.17, 15) is 0 Å². The van der Waals surface area contributed by atoms with Crippen LogP contribution in [0.2, 0.25) is 13.1 Å². The molecule has 0 aromatic heterocycles. The largest absolute Gasteiger partial charge is 0.314 e. The summed E-state index contributed by atoms with van der Waals surface area (Å²) in [6.45, 7) is 12.3. The average molecular weight is 228 g/mol. The molecule has 2 nitrogen and oxygen atoms in total. The quantitative estimate of drug-likeness (QED) is 0.551. The third-order valence-corrected chi connectivity index (χ3v) is 5.66. The van der Waals surface area contributed by atoms with E-state index >= 15 is 0 Å². The Morgan fingerprint density at radius 1 is 1.27 bits per heavy atom. The lowest BCUT2D eigenvalue weighted by atomic mass is 10.2. The van der Waals surface area contributed by atoms with E-state index in [1.165, 1.54) is 51.9 Å². The van der Waals surface area contributed by atoms with Gasteiger partial charge in [0, 0.05) is 25.3 Å². The first-order valence-corrected chi connectivity index (χ1v) is 9.68. The molecule has 0 spiro atoms. The maximum Gasteiger partial charge on any atom is 0.0525 e. The Morgan fingerprint density at radius 3 is 2.73 bits per heavy atom. The van der Waals surface area contributed by atoms with E-state index in [1.54, 1.807) is 0 Å². The molecule has 1 atom stereocenters. The molecule has 3 heteroatoms. The van der Waals surface area contributed by atoms with Crippen molar-refractivity contribution in [2.75, 3.05) is 26.2 Å². The summed E-state index contributed by atoms with van der Waals surface area (Å²) in [6, 6.07) is 0. The van der Waals surface area contributed by atoms with Crippen molar-refractivity contribution in [2.45, 2.75) is 51.4 Å². The van der Waals surface area contributed by atoms with Crippen molar-refractivity contribution in [2.24, 2.45) is 0 Å². The summed E-state index contributed by atoms with van der Waals surface area (Å²) < 4.78 is 0. The number of piperazine rings is 1. The smallest absolute Gasteiger partial charge is 0.0525 e. The number of rotatable bonds is 6. The summed E-state index contributed by atoms with van der Waals surface area (Å²) in [5, 5.41) is 3.54. The topological polar surface area (TPSA) is 15.3 Å². The van der Waals surface area contributed by atoms with Crippen molar-refractivity contribution in [3.05, 3.63) is 0 Å². The highest BCUT2D eigenvalue weighted by Crippen LogP contribution is 2.09. The second kappa shape index (κ2) is 7.42. The average Bonchev–Trinajstić information content (AvgIpc) is 2.25. The van der Waals surface area contributed by atoms with Crippen LogP contribution in [0.15, 0.2) is 0 Å². The summed E-state index contributed by atoms with van der Waals surface area (Å²) >= 11 is 0. The van der Waals surface area contributed by atoms with Gasteiger partial charge in [0.2, 0.25) is 0 Å². The number of hydrogen-bond donors (Lipinski definition) is 1. The molecule has 1 heterocycles. The van der Waals surface area contributed by atoms with Crippen molar-refractivity contribution >= 4 is 8.80 Å². The summed E-state index contributed by atoms with van der Waals surface area (Å²) in [5.41, 5.74) is 0.903. The van der Waals surface area contributed by atoms with Gasteiger partial charge in [-0.15, -0.1) is 0 Å². The normalized spacial score (nSPS) is 23.6. The van der Waals surface area contributed by atoms with Crippen LogP contribution in [-0.2, 0) is 0 Å². The van der Waals surface area contributed by atoms with Crippen LogP contribution in [0.5, 0.6) is 0 Å². The molecule has 0 aromatic carbocycles. The van der Waals surface area contributed by atoms with E-state index in [2.05, 4.69) is 30.2 Å². The van der Waals surface area contributed by atoms with E-state index < -0.39 is 8.80 Å². The minimum atomic E-state index is -0.505. The predicted octanol–water partition coefficient (Wildman–Crippen LogP) is 1.87. The summed E-state index contributed by atoms with van der Waals surface area (Å²) in [4.78, 5) is 2.75. The molecule has 15 heavy (non-hydrogen) atoms. The number of nitrogens with zero attached hydrogens (tertiary/aromatic N) is 1. The summed E-state index contributed by atoms with van der Waals surface area (Å²) in [7, 11) is -0.505. The standard InChI is InChI=1S/C12H28N2Si/c1-4-5-6-7-9-14-10-8-13-11-12(14)15(2)3/h12-13,15H,4-11H2,1-3H3. The Labute approximate surface area is 97.0 Å². The molecule has 0 saturated carbocycles. The Hall–Kier alpha value is 0.137. The predicted molar refractivity (Wildman–Crippen MR) is 71.2 cm³/mol. The monoisotopic (exact) mass is 228 g/mol. The van der Waals surface area contributed by atoms with Gasteiger partial charge in [-0.1, -0.05) is 39.3 Å². The zero-order valence-electron chi connectivity index (χ0n) is 10.8. The van der Waals surface area contributed by atoms with Crippen LogP contribution in [0.3, 0.4) is 0 Å². The van der Waals surface area contributed by atoms with Gasteiger partial charge in [-0.05, 0) is 13.0 Å². The highest BCUT2D eigenvalue weighted by atomic mass is 28.3. The van der Waals surface area contributed by atoms with Crippen molar-refractivity contribution in [3.8, 4) is 0 Å². The molecule has 1 aliphatic rings. The maximum absolute atomic E-state index is 3.54. The molecular formula is C12H28N2Si. The van der Waals surface area contributed by atoms with Gasteiger partial charge in [-0.3, -0.25) is 0 Å². The van der Waals surface area contributed by atoms with Gasteiger partial charge < -0.3 is 10.2 Å². The van der Waals surface area contributed by atoms with Gasteiger partial charge in [0.15, 0.2) is 0 Å². The minimum Gasteiger partial charge on any atom is -0.314 e. The van der Waals surface area contributed by atoms with Crippen molar-refractivity contribution in [3.63, 3.8) is 0 Å². The van der Waals surface area contributed by atoms with Crippen LogP contribution < -0.4 is 5.32 Å². The van der Waals surface area contributed by atoms with Crippen LogP contribution in [0.4, 0.5) is 0 Å². The van der Waals surface area contributed by atoms with Crippen molar-refractivity contribution in [1.82, 2.24) is 10.2 Å². The van der Waals surface area contributed by atoms with Gasteiger partial charge in [0.25, 0.3) is 0 Å². The Kier molecular flexibility index (Phi) is 6.53. The van der Waals surface area contributed by atoms with Crippen molar-refractivity contribution in [1.29, 1.82) is 0 Å². The first kappa shape index (κ1) is 13.2. The summed E-state index contributed by atoms with van der Waals surface area (Å²) in [5.74, 6) is 0. The fraction of sp³-hybridized carbons (Fsp3) is 1.00. The SMILES string of the molecule is CCCCCCN1CCNCC1[SiH](C)C. The van der Waals surface area contributed by atoms with Gasteiger partial charge in [-0.2, -0.15) is 0 Å². The molecule has 0 radical (unpaired) electrons. The zero-order chi connectivity index (χ0) is 11.1. The van der Waals surface area contributed by atoms with Crippen LogP contribution in [-0.4, -0.2) is 45.5 Å². The van der Waals surface area contributed by atoms with E-state index in [4.69, 9.17) is 0 Å². The molecule has 1 aliphatic heterocycles. The van der Waals surface area contributed by atoms with Crippen LogP contribution >= 0.6 is 0 Å². The van der Waals surface area contributed by atoms with E-state index in [1.807, 2.05) is 0 Å². The number of nitrogens with one attached hydrogen (secondary N) is 1. The maximum atomic E-state index is 3.54. The molecule has 1 unspecified atom stereocenters. The first-order chi connectivity index (χ1) is 7.25. The molecule has 1 N–H and O–H groups in total. The molecular weight excluding hydrogens is 200 g/mol. The molecule has 1 saturated heterocycles. The summed E-state index contributed by atoms with van der Waals surface area (Å²) in [6.07, 6.45) is 5.60. The van der Waals surface area contributed by atoms with Gasteiger partial charge >= 0.3 is 0 Å². The van der Waals surface area contributed by atoms with E-state index in [0.717, 1.165) is 5.67 Å². The van der Waals surface area contributed by atoms with Gasteiger partial charge in [0.1, 0.15) is 0 Å². The molecule has 90 valence electrons. The minimum absolute atomic E-state index is 0.505. The lowest BCUT2D eigenvalue weighted by Gasteiger charge is -2.38. The highest BCUT2D eigenvalue weighted by molar-refractivity contribution is 6.57. The highest BCUT2D eigenvalue weighted by Gasteiger charge is 2.24. The molecule has 0 aromatic rings. The molecule has 0 bridgehead atoms. The van der Waals surface area contributed by atoms with Crippen molar-refractivity contribution < 1.29 is 0 Å². The molecule has 0 aliphatic carbocycles. The lowest BCUT2D eigenvalue weighted by Crippen LogP contribution is -2.56. The third kappa shape index (κ3) is 4.66. The first-order valence-electron chi connectivity index (χ1n) is 6.70. The second-order valence-electron chi connectivity index (χ2n) is 5.11. The van der Waals surface area contributed by atoms with E-state index in [0.29, 0.717) is 0 Å². The molecule has 0 amide bonds. The third-order valence-electron chi connectivity index (χ3n) is 3.47. The lowest BCUT2D eigenvalue weighted by molar-refractivity contribution is 0.205. The fourth-order valence-electron chi connectivity index (χ4n) is 2.44. The van der Waals surface area contributed by atoms with Crippen LogP contribution in [0, 0.1) is 0 Å². The van der Waals surface area contributed by atoms with Gasteiger partial charge in [-0.25, -0.2) is 0 Å². The number of unbranched alkanes of at least 4 members (excludes halogenated alkanes) is 3. The zero-order valence-corrected chi connectivity index (χ0v) is 11.9. The Balaban J connectivity index is 2.23. The van der Waals surface area contributed by atoms with Crippen LogP contribution in [0.25, 0.3) is 0 Å². The van der Waals surface area contributed by atoms with Gasteiger partial charge in [0.05, 0.1) is 8.80 Å². The Bertz CT molecular complexity index is 162. The van der Waals surface area contributed by atoms with Crippen LogP contribution in [0.1, 0.15) is 32.6 Å². The van der Waals surface area contributed by atoms with E-state index in [-0.39, 0.29) is 0 Å². The molecule has 1 fully saturated rings. The fourth-order valence-corrected chi connectivity index (χ4v) is 4.22. The molecule has 1 rings (SSSR count). The second-order valence-corrected chi connectivity index (χ2v) is 8.37. The Morgan fingerprint density at radius 2 is 2.07 bits per heavy atom.